The summed E-state index contributed by atoms with van der Waals surface area (Å²) in [6, 6.07) is 8.96. The molecule has 0 heterocycles. The maximum atomic E-state index is 5.91. The van der Waals surface area contributed by atoms with Gasteiger partial charge in [-0.05, 0) is 61.8 Å². The number of hydrogen-bond acceptors (Lipinski definition) is 1. The Hall–Kier alpha value is -0.530. The topological polar surface area (TPSA) is 12.0 Å². The van der Waals surface area contributed by atoms with Gasteiger partial charge in [0, 0.05) is 11.1 Å². The first kappa shape index (κ1) is 15.9. The van der Waals surface area contributed by atoms with E-state index in [4.69, 9.17) is 11.6 Å². The molecule has 1 N–H and O–H groups in total. The van der Waals surface area contributed by atoms with Crippen LogP contribution < -0.4 is 5.32 Å². The fourth-order valence-electron chi connectivity index (χ4n) is 3.43. The van der Waals surface area contributed by atoms with Gasteiger partial charge in [-0.1, -0.05) is 50.4 Å². The van der Waals surface area contributed by atoms with Crippen LogP contribution in [-0.4, -0.2) is 12.6 Å². The third-order valence-electron chi connectivity index (χ3n) is 4.35. The molecule has 1 aromatic carbocycles. The zero-order valence-electron chi connectivity index (χ0n) is 12.9. The summed E-state index contributed by atoms with van der Waals surface area (Å²) in [7, 11) is 0. The van der Waals surface area contributed by atoms with Crippen molar-refractivity contribution in [3.63, 3.8) is 0 Å². The molecule has 0 aliphatic heterocycles. The van der Waals surface area contributed by atoms with E-state index in [1.807, 2.05) is 12.1 Å². The molecule has 0 amide bonds. The maximum absolute atomic E-state index is 5.91. The van der Waals surface area contributed by atoms with Gasteiger partial charge >= 0.3 is 0 Å². The van der Waals surface area contributed by atoms with Crippen LogP contribution in [0.1, 0.15) is 51.5 Å². The van der Waals surface area contributed by atoms with E-state index in [0.29, 0.717) is 0 Å². The van der Waals surface area contributed by atoms with Crippen LogP contribution in [0.25, 0.3) is 0 Å². The van der Waals surface area contributed by atoms with Crippen molar-refractivity contribution >= 4 is 11.6 Å². The second-order valence-electron chi connectivity index (χ2n) is 6.69. The molecule has 0 aromatic heterocycles. The molecule has 2 heteroatoms. The van der Waals surface area contributed by atoms with Gasteiger partial charge in [-0.25, -0.2) is 0 Å². The van der Waals surface area contributed by atoms with Gasteiger partial charge < -0.3 is 5.32 Å². The molecule has 1 fully saturated rings. The average Bonchev–Trinajstić information content (AvgIpc) is 2.41. The summed E-state index contributed by atoms with van der Waals surface area (Å²) in [4.78, 5) is 0. The zero-order valence-corrected chi connectivity index (χ0v) is 13.6. The molecular weight excluding hydrogens is 266 g/mol. The summed E-state index contributed by atoms with van der Waals surface area (Å²) >= 11 is 5.91. The van der Waals surface area contributed by atoms with Crippen molar-refractivity contribution in [3.8, 4) is 0 Å². The minimum atomic E-state index is 0.736. The van der Waals surface area contributed by atoms with Crippen LogP contribution in [-0.2, 0) is 6.42 Å². The summed E-state index contributed by atoms with van der Waals surface area (Å²) < 4.78 is 0. The predicted molar refractivity (Wildman–Crippen MR) is 88.4 cm³/mol. The van der Waals surface area contributed by atoms with E-state index in [9.17, 15) is 0 Å². The number of hydrogen-bond donors (Lipinski definition) is 1. The highest BCUT2D eigenvalue weighted by Gasteiger charge is 2.21. The van der Waals surface area contributed by atoms with E-state index >= 15 is 0 Å². The molecular formula is C18H28ClN. The number of halogens is 1. The van der Waals surface area contributed by atoms with Gasteiger partial charge in [-0.2, -0.15) is 0 Å². The Morgan fingerprint density at radius 2 is 1.95 bits per heavy atom. The van der Waals surface area contributed by atoms with Gasteiger partial charge in [0.25, 0.3) is 0 Å². The predicted octanol–water partition coefficient (Wildman–Crippen LogP) is 5.08. The summed E-state index contributed by atoms with van der Waals surface area (Å²) in [6.07, 6.45) is 8.06. The van der Waals surface area contributed by atoms with Crippen LogP contribution in [0.3, 0.4) is 0 Å². The van der Waals surface area contributed by atoms with E-state index in [0.717, 1.165) is 35.9 Å². The minimum Gasteiger partial charge on any atom is -0.314 e. The first-order valence-electron chi connectivity index (χ1n) is 8.11. The minimum absolute atomic E-state index is 0.736. The molecule has 0 spiro atoms. The van der Waals surface area contributed by atoms with Gasteiger partial charge in [0.2, 0.25) is 0 Å². The van der Waals surface area contributed by atoms with Crippen molar-refractivity contribution < 1.29 is 0 Å². The third-order valence-corrected chi connectivity index (χ3v) is 4.60. The largest absolute Gasteiger partial charge is 0.314 e. The molecule has 1 aliphatic carbocycles. The molecule has 0 bridgehead atoms. The van der Waals surface area contributed by atoms with E-state index in [2.05, 4.69) is 31.3 Å². The van der Waals surface area contributed by atoms with E-state index in [1.165, 1.54) is 37.7 Å². The van der Waals surface area contributed by atoms with Crippen LogP contribution in [0.15, 0.2) is 24.3 Å². The Labute approximate surface area is 129 Å². The van der Waals surface area contributed by atoms with Gasteiger partial charge in [0.05, 0.1) is 0 Å². The lowest BCUT2D eigenvalue weighted by Crippen LogP contribution is -2.35. The molecule has 2 unspecified atom stereocenters. The molecule has 1 aliphatic rings. The average molecular weight is 294 g/mol. The quantitative estimate of drug-likeness (QED) is 0.771. The Balaban J connectivity index is 1.69. The van der Waals surface area contributed by atoms with E-state index in [-0.39, 0.29) is 0 Å². The van der Waals surface area contributed by atoms with Crippen LogP contribution in [0.2, 0.25) is 5.02 Å². The first-order chi connectivity index (χ1) is 9.63. The summed E-state index contributed by atoms with van der Waals surface area (Å²) in [6.45, 7) is 5.77. The first-order valence-corrected chi connectivity index (χ1v) is 8.49. The molecule has 0 radical (unpaired) electrons. The Kier molecular flexibility index (Phi) is 6.38. The van der Waals surface area contributed by atoms with Gasteiger partial charge in [-0.3, -0.25) is 0 Å². The highest BCUT2D eigenvalue weighted by Crippen LogP contribution is 2.29. The summed E-state index contributed by atoms with van der Waals surface area (Å²) in [5.74, 6) is 1.78. The fourth-order valence-corrected chi connectivity index (χ4v) is 3.55. The smallest absolute Gasteiger partial charge is 0.0406 e. The Bertz CT molecular complexity index is 385. The van der Waals surface area contributed by atoms with Gasteiger partial charge in [0.1, 0.15) is 0 Å². The van der Waals surface area contributed by atoms with Crippen molar-refractivity contribution in [1.82, 2.24) is 5.32 Å². The Morgan fingerprint density at radius 3 is 2.65 bits per heavy atom. The molecule has 1 aromatic rings. The second kappa shape index (κ2) is 8.05. The molecule has 1 saturated carbocycles. The number of benzene rings is 1. The summed E-state index contributed by atoms with van der Waals surface area (Å²) in [5.41, 5.74) is 1.37. The Morgan fingerprint density at radius 1 is 1.20 bits per heavy atom. The van der Waals surface area contributed by atoms with Crippen LogP contribution in [0.5, 0.6) is 0 Å². The van der Waals surface area contributed by atoms with Crippen LogP contribution in [0.4, 0.5) is 0 Å². The maximum Gasteiger partial charge on any atom is 0.0406 e. The molecule has 20 heavy (non-hydrogen) atoms. The van der Waals surface area contributed by atoms with E-state index < -0.39 is 0 Å². The van der Waals surface area contributed by atoms with Crippen molar-refractivity contribution in [2.75, 3.05) is 6.54 Å². The van der Waals surface area contributed by atoms with Crippen molar-refractivity contribution in [3.05, 3.63) is 34.9 Å². The second-order valence-corrected chi connectivity index (χ2v) is 7.13. The monoisotopic (exact) mass is 293 g/mol. The normalized spacial score (nSPS) is 23.2. The molecule has 0 saturated heterocycles. The van der Waals surface area contributed by atoms with Gasteiger partial charge in [-0.15, -0.1) is 0 Å². The molecule has 112 valence electrons. The molecule has 1 nitrogen and oxygen atoms in total. The molecule has 2 rings (SSSR count). The summed E-state index contributed by atoms with van der Waals surface area (Å²) in [5, 5.41) is 4.58. The van der Waals surface area contributed by atoms with Crippen molar-refractivity contribution in [1.29, 1.82) is 0 Å². The standard InChI is InChI=1S/C18H28ClN/c1-14(2)12-16-4-3-5-18(13-16)20-11-10-15-6-8-17(19)9-7-15/h6-9,14,16,18,20H,3-5,10-13H2,1-2H3. The number of nitrogens with one attached hydrogen (secondary N) is 1. The van der Waals surface area contributed by atoms with Crippen LogP contribution >= 0.6 is 11.6 Å². The highest BCUT2D eigenvalue weighted by atomic mass is 35.5. The third kappa shape index (κ3) is 5.46. The highest BCUT2D eigenvalue weighted by molar-refractivity contribution is 6.30. The molecule has 2 atom stereocenters. The van der Waals surface area contributed by atoms with Crippen LogP contribution in [0, 0.1) is 11.8 Å². The fraction of sp³-hybridized carbons (Fsp3) is 0.667. The number of rotatable bonds is 6. The lowest BCUT2D eigenvalue weighted by atomic mass is 9.81. The van der Waals surface area contributed by atoms with Crippen molar-refractivity contribution in [2.45, 2.75) is 58.4 Å². The lowest BCUT2D eigenvalue weighted by Gasteiger charge is -2.31. The SMILES string of the molecule is CC(C)CC1CCCC(NCCc2ccc(Cl)cc2)C1. The zero-order chi connectivity index (χ0) is 14.4. The van der Waals surface area contributed by atoms with Crippen molar-refractivity contribution in [2.24, 2.45) is 11.8 Å². The van der Waals surface area contributed by atoms with E-state index in [1.54, 1.807) is 0 Å². The lowest BCUT2D eigenvalue weighted by molar-refractivity contribution is 0.253. The van der Waals surface area contributed by atoms with Gasteiger partial charge in [0.15, 0.2) is 0 Å².